The number of sulfonamides is 1. The molecule has 0 radical (unpaired) electrons. The summed E-state index contributed by atoms with van der Waals surface area (Å²) in [5.41, 5.74) is -1.82. The molecule has 0 saturated carbocycles. The predicted octanol–water partition coefficient (Wildman–Crippen LogP) is 4.98. The molecular weight excluding hydrogens is 525 g/mol. The molecule has 0 bridgehead atoms. The van der Waals surface area contributed by atoms with Crippen molar-refractivity contribution in [2.45, 2.75) is 41.1 Å². The maximum absolute atomic E-state index is 13.2. The minimum atomic E-state index is -4.36. The van der Waals surface area contributed by atoms with Crippen LogP contribution >= 0.6 is 11.8 Å². The molecule has 4 aromatic rings. The topological polar surface area (TPSA) is 92.5 Å². The summed E-state index contributed by atoms with van der Waals surface area (Å²) < 4.78 is 67.2. The molecule has 1 aromatic carbocycles. The Hall–Kier alpha value is -3.16. The standard InChI is InChI=1S/C24H23F3N6O2S2/c1-16-30-31-23-9-4-18(15-33(16)23)17-2-6-21(7-3-17)37(34,35)32-12-10-19(11-13-32)29-22-8-5-20(14-28-22)36-24(25,26)27/h2-9,14-15,19H,10-13H2,1H3,(H,28,29). The first-order valence-electron chi connectivity index (χ1n) is 11.5. The van der Waals surface area contributed by atoms with Gasteiger partial charge in [-0.2, -0.15) is 17.5 Å². The Morgan fingerprint density at radius 3 is 2.32 bits per heavy atom. The number of nitrogens with one attached hydrogen (secondary N) is 1. The van der Waals surface area contributed by atoms with Crippen LogP contribution in [0.3, 0.4) is 0 Å². The van der Waals surface area contributed by atoms with E-state index in [0.29, 0.717) is 31.7 Å². The quantitative estimate of drug-likeness (QED) is 0.340. The molecule has 8 nitrogen and oxygen atoms in total. The number of aromatic nitrogens is 4. The van der Waals surface area contributed by atoms with Crippen molar-refractivity contribution >= 4 is 33.3 Å². The highest BCUT2D eigenvalue weighted by Gasteiger charge is 2.30. The Bertz CT molecular complexity index is 1500. The molecule has 1 fully saturated rings. The highest BCUT2D eigenvalue weighted by atomic mass is 32.2. The van der Waals surface area contributed by atoms with Gasteiger partial charge in [0.1, 0.15) is 11.6 Å². The van der Waals surface area contributed by atoms with Gasteiger partial charge >= 0.3 is 5.51 Å². The van der Waals surface area contributed by atoms with Crippen molar-refractivity contribution in [3.63, 3.8) is 0 Å². The van der Waals surface area contributed by atoms with Crippen molar-refractivity contribution < 1.29 is 21.6 Å². The smallest absolute Gasteiger partial charge is 0.367 e. The van der Waals surface area contributed by atoms with Crippen molar-refractivity contribution in [2.24, 2.45) is 0 Å². The zero-order chi connectivity index (χ0) is 26.2. The Kier molecular flexibility index (Phi) is 6.86. The summed E-state index contributed by atoms with van der Waals surface area (Å²) in [6, 6.07) is 13.4. The van der Waals surface area contributed by atoms with E-state index in [1.165, 1.54) is 22.6 Å². The van der Waals surface area contributed by atoms with Crippen LogP contribution in [0.25, 0.3) is 16.8 Å². The van der Waals surface area contributed by atoms with Crippen molar-refractivity contribution in [1.82, 2.24) is 23.9 Å². The summed E-state index contributed by atoms with van der Waals surface area (Å²) in [5.74, 6) is 1.23. The number of aryl methyl sites for hydroxylation is 1. The minimum Gasteiger partial charge on any atom is -0.367 e. The lowest BCUT2D eigenvalue weighted by Crippen LogP contribution is -2.42. The first-order valence-corrected chi connectivity index (χ1v) is 13.7. The summed E-state index contributed by atoms with van der Waals surface area (Å²) in [6.45, 7) is 2.52. The highest BCUT2D eigenvalue weighted by molar-refractivity contribution is 8.00. The number of hydrogen-bond acceptors (Lipinski definition) is 7. The molecular formula is C24H23F3N6O2S2. The van der Waals surface area contributed by atoms with Gasteiger partial charge in [-0.25, -0.2) is 13.4 Å². The van der Waals surface area contributed by atoms with Gasteiger partial charge < -0.3 is 5.32 Å². The van der Waals surface area contributed by atoms with E-state index in [4.69, 9.17) is 0 Å². The molecule has 0 amide bonds. The number of benzene rings is 1. The lowest BCUT2D eigenvalue weighted by atomic mass is 10.1. The largest absolute Gasteiger partial charge is 0.446 e. The fourth-order valence-corrected chi connectivity index (χ4v) is 6.23. The van der Waals surface area contributed by atoms with Gasteiger partial charge in [-0.3, -0.25) is 4.40 Å². The number of nitrogens with zero attached hydrogens (tertiary/aromatic N) is 5. The van der Waals surface area contributed by atoms with Gasteiger partial charge in [0.2, 0.25) is 10.0 Å². The van der Waals surface area contributed by atoms with Crippen molar-refractivity contribution in [1.29, 1.82) is 0 Å². The second kappa shape index (κ2) is 9.95. The van der Waals surface area contributed by atoms with E-state index in [9.17, 15) is 21.6 Å². The van der Waals surface area contributed by atoms with E-state index in [2.05, 4.69) is 20.5 Å². The number of hydrogen-bond donors (Lipinski definition) is 1. The summed E-state index contributed by atoms with van der Waals surface area (Å²) in [5, 5.41) is 11.3. The first kappa shape index (κ1) is 25.5. The number of piperidine rings is 1. The molecule has 3 aromatic heterocycles. The third-order valence-electron chi connectivity index (χ3n) is 6.17. The molecule has 4 heterocycles. The van der Waals surface area contributed by atoms with Crippen LogP contribution in [-0.4, -0.2) is 56.9 Å². The normalized spacial score (nSPS) is 15.8. The number of thioether (sulfide) groups is 1. The molecule has 0 atom stereocenters. The number of alkyl halides is 3. The lowest BCUT2D eigenvalue weighted by molar-refractivity contribution is -0.0328. The van der Waals surface area contributed by atoms with Crippen LogP contribution in [0, 0.1) is 6.92 Å². The van der Waals surface area contributed by atoms with Crippen LogP contribution in [0.5, 0.6) is 0 Å². The van der Waals surface area contributed by atoms with Crippen molar-refractivity contribution in [3.05, 3.63) is 66.7 Å². The van der Waals surface area contributed by atoms with Crippen molar-refractivity contribution in [2.75, 3.05) is 18.4 Å². The zero-order valence-corrected chi connectivity index (χ0v) is 21.3. The maximum Gasteiger partial charge on any atom is 0.446 e. The minimum absolute atomic E-state index is 0.0133. The monoisotopic (exact) mass is 548 g/mol. The molecule has 1 N–H and O–H groups in total. The fourth-order valence-electron chi connectivity index (χ4n) is 4.25. The summed E-state index contributed by atoms with van der Waals surface area (Å²) in [7, 11) is -3.66. The van der Waals surface area contributed by atoms with E-state index in [0.717, 1.165) is 22.6 Å². The second-order valence-electron chi connectivity index (χ2n) is 8.67. The molecule has 37 heavy (non-hydrogen) atoms. The van der Waals surface area contributed by atoms with Gasteiger partial charge in [0.05, 0.1) is 4.90 Å². The molecule has 13 heteroatoms. The summed E-state index contributed by atoms with van der Waals surface area (Å²) in [4.78, 5) is 4.29. The maximum atomic E-state index is 13.2. The average molecular weight is 549 g/mol. The van der Waals surface area contributed by atoms with Gasteiger partial charge in [0, 0.05) is 36.4 Å². The third kappa shape index (κ3) is 5.73. The average Bonchev–Trinajstić information content (AvgIpc) is 3.25. The number of rotatable bonds is 6. The summed E-state index contributed by atoms with van der Waals surface area (Å²) in [6.07, 6.45) is 4.20. The second-order valence-corrected chi connectivity index (χ2v) is 11.7. The van der Waals surface area contributed by atoms with Crippen LogP contribution in [0.4, 0.5) is 19.0 Å². The fraction of sp³-hybridized carbons (Fsp3) is 0.292. The Morgan fingerprint density at radius 1 is 0.973 bits per heavy atom. The third-order valence-corrected chi connectivity index (χ3v) is 8.80. The van der Waals surface area contributed by atoms with Crippen LogP contribution in [0.2, 0.25) is 0 Å². The molecule has 1 saturated heterocycles. The number of pyridine rings is 2. The molecule has 1 aliphatic heterocycles. The Labute approximate surface area is 216 Å². The summed E-state index contributed by atoms with van der Waals surface area (Å²) >= 11 is -0.213. The van der Waals surface area contributed by atoms with Gasteiger partial charge in [0.15, 0.2) is 5.65 Å². The molecule has 1 aliphatic rings. The molecule has 0 unspecified atom stereocenters. The molecule has 5 rings (SSSR count). The van der Waals surface area contributed by atoms with Crippen LogP contribution in [0.1, 0.15) is 18.7 Å². The van der Waals surface area contributed by atoms with E-state index in [-0.39, 0.29) is 27.6 Å². The predicted molar refractivity (Wildman–Crippen MR) is 135 cm³/mol. The zero-order valence-electron chi connectivity index (χ0n) is 19.7. The van der Waals surface area contributed by atoms with Crippen LogP contribution in [0.15, 0.2) is 70.7 Å². The van der Waals surface area contributed by atoms with Gasteiger partial charge in [-0.05, 0) is 79.1 Å². The van der Waals surface area contributed by atoms with E-state index in [1.54, 1.807) is 24.3 Å². The Balaban J connectivity index is 1.20. The van der Waals surface area contributed by atoms with E-state index >= 15 is 0 Å². The van der Waals surface area contributed by atoms with Gasteiger partial charge in [-0.15, -0.1) is 10.2 Å². The van der Waals surface area contributed by atoms with Crippen LogP contribution in [-0.2, 0) is 10.0 Å². The van der Waals surface area contributed by atoms with E-state index < -0.39 is 15.5 Å². The number of fused-ring (bicyclic) bond motifs is 1. The highest BCUT2D eigenvalue weighted by Crippen LogP contribution is 2.36. The van der Waals surface area contributed by atoms with Crippen LogP contribution < -0.4 is 5.32 Å². The lowest BCUT2D eigenvalue weighted by Gasteiger charge is -2.32. The number of anilines is 1. The van der Waals surface area contributed by atoms with E-state index in [1.807, 2.05) is 29.7 Å². The Morgan fingerprint density at radius 2 is 1.68 bits per heavy atom. The SMILES string of the molecule is Cc1nnc2ccc(-c3ccc(S(=O)(=O)N4CCC(Nc5ccc(SC(F)(F)F)cn5)CC4)cc3)cn12. The molecule has 0 aliphatic carbocycles. The number of halogens is 3. The molecule has 194 valence electrons. The first-order chi connectivity index (χ1) is 17.6. The van der Waals surface area contributed by atoms with Gasteiger partial charge in [-0.1, -0.05) is 12.1 Å². The molecule has 0 spiro atoms. The van der Waals surface area contributed by atoms with Crippen molar-refractivity contribution in [3.8, 4) is 11.1 Å². The van der Waals surface area contributed by atoms with Gasteiger partial charge in [0.25, 0.3) is 0 Å².